The minimum absolute atomic E-state index is 0.179. The Balaban J connectivity index is 1.32. The quantitative estimate of drug-likeness (QED) is 0.218. The summed E-state index contributed by atoms with van der Waals surface area (Å²) in [7, 11) is 0. The summed E-state index contributed by atoms with van der Waals surface area (Å²) in [6.45, 7) is 1.75. The van der Waals surface area contributed by atoms with Crippen molar-refractivity contribution in [3.63, 3.8) is 0 Å². The molecular weight excluding hydrogens is 444 g/mol. The number of benzene rings is 1. The van der Waals surface area contributed by atoms with Crippen LogP contribution in [0.2, 0.25) is 0 Å². The number of hydrogen-bond acceptors (Lipinski definition) is 8. The average Bonchev–Trinajstić information content (AvgIpc) is 3.32. The molecule has 0 saturated heterocycles. The summed E-state index contributed by atoms with van der Waals surface area (Å²) in [4.78, 5) is 48.1. The van der Waals surface area contributed by atoms with Crippen molar-refractivity contribution < 1.29 is 38.1 Å². The first-order valence-corrected chi connectivity index (χ1v) is 10.6. The van der Waals surface area contributed by atoms with Crippen LogP contribution in [-0.4, -0.2) is 86.2 Å². The second-order valence-corrected chi connectivity index (χ2v) is 7.08. The Morgan fingerprint density at radius 2 is 1.03 bits per heavy atom. The lowest BCUT2D eigenvalue weighted by molar-refractivity contribution is -0.139. The molecular formula is C24H24N2O8. The monoisotopic (exact) mass is 468 g/mol. The van der Waals surface area contributed by atoms with E-state index >= 15 is 0 Å². The Bertz CT molecular complexity index is 932. The van der Waals surface area contributed by atoms with E-state index < -0.39 is 0 Å². The van der Waals surface area contributed by atoms with Crippen LogP contribution in [0.3, 0.4) is 0 Å². The van der Waals surface area contributed by atoms with Gasteiger partial charge in [-0.05, 0) is 12.1 Å². The maximum Gasteiger partial charge on any atom is 0.253 e. The molecule has 0 unspecified atom stereocenters. The van der Waals surface area contributed by atoms with Gasteiger partial charge in [-0.3, -0.25) is 29.0 Å². The van der Waals surface area contributed by atoms with Gasteiger partial charge in [-0.1, -0.05) is 5.92 Å². The molecule has 1 aromatic carbocycles. The van der Waals surface area contributed by atoms with Gasteiger partial charge in [0.2, 0.25) is 0 Å². The predicted molar refractivity (Wildman–Crippen MR) is 119 cm³/mol. The van der Waals surface area contributed by atoms with Gasteiger partial charge in [0.25, 0.3) is 23.6 Å². The summed E-state index contributed by atoms with van der Waals surface area (Å²) >= 11 is 0. The van der Waals surface area contributed by atoms with Gasteiger partial charge in [-0.2, -0.15) is 0 Å². The van der Waals surface area contributed by atoms with Crippen molar-refractivity contribution in [1.29, 1.82) is 0 Å². The summed E-state index contributed by atoms with van der Waals surface area (Å²) in [6, 6.07) is 5.06. The molecule has 0 fully saturated rings. The molecule has 2 heterocycles. The fourth-order valence-electron chi connectivity index (χ4n) is 3.08. The van der Waals surface area contributed by atoms with E-state index in [0.29, 0.717) is 17.1 Å². The van der Waals surface area contributed by atoms with Gasteiger partial charge in [0, 0.05) is 35.9 Å². The number of amides is 4. The molecule has 2 aliphatic rings. The van der Waals surface area contributed by atoms with Crippen LogP contribution in [0.4, 0.5) is 0 Å². The van der Waals surface area contributed by atoms with Crippen LogP contribution in [-0.2, 0) is 28.7 Å². The molecule has 0 N–H and O–H groups in total. The SMILES string of the molecule is C#Cc1cc(OCCOCCN2C(=O)C=CC2=O)cc(OCCOCCN2C(=O)C=CC2=O)c1. The van der Waals surface area contributed by atoms with Gasteiger partial charge in [0.05, 0.1) is 39.5 Å². The van der Waals surface area contributed by atoms with E-state index in [9.17, 15) is 19.2 Å². The molecule has 178 valence electrons. The zero-order valence-electron chi connectivity index (χ0n) is 18.4. The minimum Gasteiger partial charge on any atom is -0.491 e. The number of carbonyl (C=O) groups excluding carboxylic acids is 4. The lowest BCUT2D eigenvalue weighted by Crippen LogP contribution is -2.33. The van der Waals surface area contributed by atoms with Crippen molar-refractivity contribution in [1.82, 2.24) is 9.80 Å². The predicted octanol–water partition coefficient (Wildman–Crippen LogP) is 0.309. The van der Waals surface area contributed by atoms with E-state index in [-0.39, 0.29) is 76.4 Å². The van der Waals surface area contributed by atoms with E-state index in [1.165, 1.54) is 24.3 Å². The van der Waals surface area contributed by atoms with Crippen molar-refractivity contribution in [2.75, 3.05) is 52.7 Å². The Hall–Kier alpha value is -3.94. The first-order valence-electron chi connectivity index (χ1n) is 10.6. The van der Waals surface area contributed by atoms with Crippen LogP contribution in [0.1, 0.15) is 5.56 Å². The minimum atomic E-state index is -0.344. The highest BCUT2D eigenvalue weighted by molar-refractivity contribution is 6.13. The van der Waals surface area contributed by atoms with Crippen molar-refractivity contribution in [3.05, 3.63) is 48.1 Å². The van der Waals surface area contributed by atoms with E-state index in [1.807, 2.05) is 0 Å². The molecule has 10 heteroatoms. The zero-order valence-corrected chi connectivity index (χ0v) is 18.4. The van der Waals surface area contributed by atoms with Crippen LogP contribution < -0.4 is 9.47 Å². The lowest BCUT2D eigenvalue weighted by Gasteiger charge is -2.14. The summed E-state index contributed by atoms with van der Waals surface area (Å²) in [5.74, 6) is 2.16. The van der Waals surface area contributed by atoms with Crippen LogP contribution in [0.15, 0.2) is 42.5 Å². The second-order valence-electron chi connectivity index (χ2n) is 7.08. The van der Waals surface area contributed by atoms with Crippen molar-refractivity contribution >= 4 is 23.6 Å². The van der Waals surface area contributed by atoms with Gasteiger partial charge >= 0.3 is 0 Å². The molecule has 1 aromatic rings. The molecule has 0 bridgehead atoms. The maximum absolute atomic E-state index is 11.5. The normalized spacial score (nSPS) is 14.9. The second kappa shape index (κ2) is 12.3. The topological polar surface area (TPSA) is 112 Å². The largest absolute Gasteiger partial charge is 0.491 e. The highest BCUT2D eigenvalue weighted by Crippen LogP contribution is 2.22. The maximum atomic E-state index is 11.5. The number of nitrogens with zero attached hydrogens (tertiary/aromatic N) is 2. The molecule has 4 amide bonds. The molecule has 0 atom stereocenters. The van der Waals surface area contributed by atoms with Gasteiger partial charge in [-0.25, -0.2) is 0 Å². The van der Waals surface area contributed by atoms with Crippen molar-refractivity contribution in [2.45, 2.75) is 0 Å². The number of carbonyl (C=O) groups is 4. The Morgan fingerprint density at radius 3 is 1.41 bits per heavy atom. The smallest absolute Gasteiger partial charge is 0.253 e. The molecule has 2 aliphatic heterocycles. The first-order chi connectivity index (χ1) is 16.5. The summed E-state index contributed by atoms with van der Waals surface area (Å²) < 4.78 is 22.2. The van der Waals surface area contributed by atoms with Gasteiger partial charge in [-0.15, -0.1) is 6.42 Å². The van der Waals surface area contributed by atoms with Gasteiger partial charge < -0.3 is 18.9 Å². The molecule has 34 heavy (non-hydrogen) atoms. The highest BCUT2D eigenvalue weighted by atomic mass is 16.5. The molecule has 3 rings (SSSR count). The van der Waals surface area contributed by atoms with E-state index in [0.717, 1.165) is 9.80 Å². The Morgan fingerprint density at radius 1 is 0.618 bits per heavy atom. The number of hydrogen-bond donors (Lipinski definition) is 0. The number of ether oxygens (including phenoxy) is 4. The van der Waals surface area contributed by atoms with Crippen LogP contribution in [0.5, 0.6) is 11.5 Å². The molecule has 0 spiro atoms. The Labute approximate surface area is 196 Å². The third-order valence-corrected chi connectivity index (χ3v) is 4.76. The lowest BCUT2D eigenvalue weighted by atomic mass is 10.2. The zero-order chi connectivity index (χ0) is 24.3. The van der Waals surface area contributed by atoms with Crippen molar-refractivity contribution in [3.8, 4) is 23.8 Å². The third-order valence-electron chi connectivity index (χ3n) is 4.76. The third kappa shape index (κ3) is 7.03. The molecule has 0 radical (unpaired) electrons. The number of imide groups is 2. The van der Waals surface area contributed by atoms with Crippen molar-refractivity contribution in [2.24, 2.45) is 0 Å². The van der Waals surface area contributed by atoms with E-state index in [4.69, 9.17) is 25.4 Å². The van der Waals surface area contributed by atoms with E-state index in [1.54, 1.807) is 18.2 Å². The fourth-order valence-corrected chi connectivity index (χ4v) is 3.08. The highest BCUT2D eigenvalue weighted by Gasteiger charge is 2.23. The van der Waals surface area contributed by atoms with Gasteiger partial charge in [0.15, 0.2) is 0 Å². The first kappa shape index (κ1) is 24.7. The molecule has 10 nitrogen and oxygen atoms in total. The molecule has 0 aliphatic carbocycles. The molecule has 0 aromatic heterocycles. The van der Waals surface area contributed by atoms with E-state index in [2.05, 4.69) is 5.92 Å². The number of rotatable bonds is 14. The molecule has 0 saturated carbocycles. The standard InChI is InChI=1S/C24H24N2O8/c1-2-18-15-19(33-13-11-31-9-7-25-21(27)3-4-22(25)28)17-20(16-18)34-14-12-32-10-8-26-23(29)5-6-24(26)30/h1,3-6,15-17H,7-14H2. The number of terminal acetylenes is 1. The summed E-state index contributed by atoms with van der Waals surface area (Å²) in [5.41, 5.74) is 0.575. The summed E-state index contributed by atoms with van der Waals surface area (Å²) in [6.07, 6.45) is 10.4. The summed E-state index contributed by atoms with van der Waals surface area (Å²) in [5, 5.41) is 0. The Kier molecular flexibility index (Phi) is 8.96. The fraction of sp³-hybridized carbons (Fsp3) is 0.333. The van der Waals surface area contributed by atoms with Crippen LogP contribution in [0.25, 0.3) is 0 Å². The van der Waals surface area contributed by atoms with Crippen LogP contribution >= 0.6 is 0 Å². The van der Waals surface area contributed by atoms with Gasteiger partial charge in [0.1, 0.15) is 24.7 Å². The van der Waals surface area contributed by atoms with Crippen LogP contribution in [0, 0.1) is 12.3 Å². The average molecular weight is 468 g/mol.